The van der Waals surface area contributed by atoms with Crippen molar-refractivity contribution in [1.29, 1.82) is 0 Å². The highest BCUT2D eigenvalue weighted by Crippen LogP contribution is 2.15. The molecule has 3 heteroatoms. The van der Waals surface area contributed by atoms with Crippen LogP contribution in [0.4, 0.5) is 0 Å². The Morgan fingerprint density at radius 1 is 1.11 bits per heavy atom. The van der Waals surface area contributed by atoms with Crippen LogP contribution in [-0.4, -0.2) is 29.0 Å². The largest absolute Gasteiger partial charge is 0.393 e. The van der Waals surface area contributed by atoms with E-state index < -0.39 is 12.2 Å². The summed E-state index contributed by atoms with van der Waals surface area (Å²) in [5, 5.41) is 19.9. The van der Waals surface area contributed by atoms with Crippen molar-refractivity contribution in [3.8, 4) is 0 Å². The molecule has 0 aliphatic carbocycles. The van der Waals surface area contributed by atoms with E-state index in [4.69, 9.17) is 4.74 Å². The lowest BCUT2D eigenvalue weighted by atomic mass is 9.94. The predicted molar refractivity (Wildman–Crippen MR) is 76.8 cm³/mol. The molecule has 1 aromatic carbocycles. The fraction of sp³-hybridized carbons (Fsp3) is 0.625. The third kappa shape index (κ3) is 6.19. The Kier molecular flexibility index (Phi) is 7.72. The second-order valence-electron chi connectivity index (χ2n) is 5.14. The molecule has 0 aromatic heterocycles. The molecule has 108 valence electrons. The molecule has 1 aromatic rings. The van der Waals surface area contributed by atoms with E-state index >= 15 is 0 Å². The molecule has 3 nitrogen and oxygen atoms in total. The van der Waals surface area contributed by atoms with E-state index in [1.54, 1.807) is 0 Å². The van der Waals surface area contributed by atoms with Crippen molar-refractivity contribution in [2.45, 2.75) is 51.9 Å². The Morgan fingerprint density at radius 3 is 2.42 bits per heavy atom. The van der Waals surface area contributed by atoms with Crippen molar-refractivity contribution in [3.63, 3.8) is 0 Å². The molecule has 0 heterocycles. The van der Waals surface area contributed by atoms with Gasteiger partial charge >= 0.3 is 0 Å². The first-order valence-electron chi connectivity index (χ1n) is 7.13. The summed E-state index contributed by atoms with van der Waals surface area (Å²) in [7, 11) is 0. The Morgan fingerprint density at radius 2 is 1.79 bits per heavy atom. The molecule has 0 fully saturated rings. The number of rotatable bonds is 9. The SMILES string of the molecule is CCCC[C@H](O)[C@H](C)[C@@H](O)COCc1ccccc1. The normalized spacial score (nSPS) is 16.0. The molecule has 1 rings (SSSR count). The maximum absolute atomic E-state index is 9.98. The van der Waals surface area contributed by atoms with Gasteiger partial charge in [-0.1, -0.05) is 57.0 Å². The van der Waals surface area contributed by atoms with E-state index in [1.807, 2.05) is 37.3 Å². The minimum atomic E-state index is -0.615. The second-order valence-corrected chi connectivity index (χ2v) is 5.14. The van der Waals surface area contributed by atoms with Crippen molar-refractivity contribution in [3.05, 3.63) is 35.9 Å². The van der Waals surface area contributed by atoms with Crippen LogP contribution >= 0.6 is 0 Å². The van der Waals surface area contributed by atoms with Gasteiger partial charge in [0.05, 0.1) is 25.4 Å². The molecule has 19 heavy (non-hydrogen) atoms. The summed E-state index contributed by atoms with van der Waals surface area (Å²) >= 11 is 0. The Hall–Kier alpha value is -0.900. The molecule has 0 unspecified atom stereocenters. The summed E-state index contributed by atoms with van der Waals surface area (Å²) in [6.07, 6.45) is 1.73. The fourth-order valence-electron chi connectivity index (χ4n) is 1.96. The summed E-state index contributed by atoms with van der Waals surface area (Å²) in [4.78, 5) is 0. The minimum absolute atomic E-state index is 0.151. The molecule has 0 spiro atoms. The fourth-order valence-corrected chi connectivity index (χ4v) is 1.96. The Bertz CT molecular complexity index is 326. The van der Waals surface area contributed by atoms with Gasteiger partial charge < -0.3 is 14.9 Å². The Balaban J connectivity index is 2.24. The molecule has 0 amide bonds. The molecule has 2 N–H and O–H groups in total. The predicted octanol–water partition coefficient (Wildman–Crippen LogP) is 2.75. The average molecular weight is 266 g/mol. The van der Waals surface area contributed by atoms with Gasteiger partial charge in [-0.05, 0) is 12.0 Å². The maximum Gasteiger partial charge on any atom is 0.0823 e. The first-order chi connectivity index (χ1) is 9.15. The average Bonchev–Trinajstić information content (AvgIpc) is 2.44. The standard InChI is InChI=1S/C16H26O3/c1-3-4-10-15(17)13(2)16(18)12-19-11-14-8-6-5-7-9-14/h5-9,13,15-18H,3-4,10-12H2,1-2H3/t13-,15-,16-/m0/s1. The third-order valence-electron chi connectivity index (χ3n) is 3.47. The number of hydrogen-bond acceptors (Lipinski definition) is 3. The van der Waals surface area contributed by atoms with Crippen molar-refractivity contribution in [2.75, 3.05) is 6.61 Å². The summed E-state index contributed by atoms with van der Waals surface area (Å²) in [5.74, 6) is -0.151. The Labute approximate surface area is 116 Å². The van der Waals surface area contributed by atoms with Gasteiger partial charge in [-0.25, -0.2) is 0 Å². The topological polar surface area (TPSA) is 49.7 Å². The molecule has 0 saturated carbocycles. The van der Waals surface area contributed by atoms with E-state index in [0.717, 1.165) is 24.8 Å². The van der Waals surface area contributed by atoms with Crippen LogP contribution in [0.3, 0.4) is 0 Å². The van der Waals surface area contributed by atoms with E-state index in [0.29, 0.717) is 6.61 Å². The van der Waals surface area contributed by atoms with Crippen LogP contribution in [0, 0.1) is 5.92 Å². The van der Waals surface area contributed by atoms with Gasteiger partial charge in [0.15, 0.2) is 0 Å². The highest BCUT2D eigenvalue weighted by Gasteiger charge is 2.22. The van der Waals surface area contributed by atoms with Gasteiger partial charge in [0.2, 0.25) is 0 Å². The van der Waals surface area contributed by atoms with Gasteiger partial charge in [-0.15, -0.1) is 0 Å². The molecule has 3 atom stereocenters. The highest BCUT2D eigenvalue weighted by molar-refractivity contribution is 5.13. The number of ether oxygens (including phenoxy) is 1. The van der Waals surface area contributed by atoms with Crippen LogP contribution in [0.5, 0.6) is 0 Å². The van der Waals surface area contributed by atoms with Crippen molar-refractivity contribution >= 4 is 0 Å². The number of hydrogen-bond donors (Lipinski definition) is 2. The molecule has 0 bridgehead atoms. The zero-order valence-electron chi connectivity index (χ0n) is 12.0. The molecule has 0 aliphatic heterocycles. The van der Waals surface area contributed by atoms with Crippen molar-refractivity contribution < 1.29 is 14.9 Å². The van der Waals surface area contributed by atoms with Crippen molar-refractivity contribution in [1.82, 2.24) is 0 Å². The number of unbranched alkanes of at least 4 members (excludes halogenated alkanes) is 1. The van der Waals surface area contributed by atoms with Gasteiger partial charge in [0.25, 0.3) is 0 Å². The van der Waals surface area contributed by atoms with Crippen molar-refractivity contribution in [2.24, 2.45) is 5.92 Å². The third-order valence-corrected chi connectivity index (χ3v) is 3.47. The lowest BCUT2D eigenvalue weighted by molar-refractivity contribution is -0.0376. The first kappa shape index (κ1) is 16.2. The molecular weight excluding hydrogens is 240 g/mol. The van der Waals surface area contributed by atoms with Crippen LogP contribution in [0.15, 0.2) is 30.3 Å². The van der Waals surface area contributed by atoms with E-state index in [-0.39, 0.29) is 12.5 Å². The lowest BCUT2D eigenvalue weighted by Crippen LogP contribution is -2.32. The second kappa shape index (κ2) is 9.08. The van der Waals surface area contributed by atoms with Gasteiger partial charge in [0.1, 0.15) is 0 Å². The van der Waals surface area contributed by atoms with Crippen LogP contribution in [-0.2, 0) is 11.3 Å². The van der Waals surface area contributed by atoms with Crippen LogP contribution in [0.2, 0.25) is 0 Å². The van der Waals surface area contributed by atoms with Crippen LogP contribution in [0.1, 0.15) is 38.7 Å². The smallest absolute Gasteiger partial charge is 0.0823 e. The zero-order valence-corrected chi connectivity index (χ0v) is 12.0. The summed E-state index contributed by atoms with van der Waals surface area (Å²) in [5.41, 5.74) is 1.09. The van der Waals surface area contributed by atoms with Crippen LogP contribution < -0.4 is 0 Å². The molecular formula is C16H26O3. The summed E-state index contributed by atoms with van der Waals surface area (Å²) in [6, 6.07) is 9.88. The highest BCUT2D eigenvalue weighted by atomic mass is 16.5. The molecule has 0 saturated heterocycles. The quantitative estimate of drug-likeness (QED) is 0.722. The summed E-state index contributed by atoms with van der Waals surface area (Å²) in [6.45, 7) is 4.72. The van der Waals surface area contributed by atoms with E-state index in [9.17, 15) is 10.2 Å². The number of benzene rings is 1. The summed E-state index contributed by atoms with van der Waals surface area (Å²) < 4.78 is 5.50. The molecule has 0 aliphatic rings. The van der Waals surface area contributed by atoms with Gasteiger partial charge in [-0.2, -0.15) is 0 Å². The molecule has 0 radical (unpaired) electrons. The number of aliphatic hydroxyl groups excluding tert-OH is 2. The zero-order chi connectivity index (χ0) is 14.1. The number of aliphatic hydroxyl groups is 2. The first-order valence-corrected chi connectivity index (χ1v) is 7.13. The van der Waals surface area contributed by atoms with Crippen LogP contribution in [0.25, 0.3) is 0 Å². The minimum Gasteiger partial charge on any atom is -0.393 e. The lowest BCUT2D eigenvalue weighted by Gasteiger charge is -2.24. The van der Waals surface area contributed by atoms with E-state index in [1.165, 1.54) is 0 Å². The van der Waals surface area contributed by atoms with E-state index in [2.05, 4.69) is 6.92 Å². The maximum atomic E-state index is 9.98. The monoisotopic (exact) mass is 266 g/mol. The van der Waals surface area contributed by atoms with Gasteiger partial charge in [-0.3, -0.25) is 0 Å². The van der Waals surface area contributed by atoms with Gasteiger partial charge in [0, 0.05) is 5.92 Å².